The number of nitrogens with zero attached hydrogens (tertiary/aromatic N) is 5. The van der Waals surface area contributed by atoms with Crippen molar-refractivity contribution >= 4 is 28.2 Å². The third-order valence-electron chi connectivity index (χ3n) is 6.48. The predicted octanol–water partition coefficient (Wildman–Crippen LogP) is 3.01. The highest BCUT2D eigenvalue weighted by Gasteiger charge is 2.27. The van der Waals surface area contributed by atoms with Crippen molar-refractivity contribution in [2.24, 2.45) is 0 Å². The van der Waals surface area contributed by atoms with Gasteiger partial charge in [0.1, 0.15) is 11.5 Å². The number of benzene rings is 1. The van der Waals surface area contributed by atoms with Crippen LogP contribution in [0.3, 0.4) is 0 Å². The molecule has 0 aliphatic carbocycles. The minimum absolute atomic E-state index is 0.162. The fourth-order valence-electron chi connectivity index (χ4n) is 4.61. The molecule has 0 saturated carbocycles. The second-order valence-electron chi connectivity index (χ2n) is 9.38. The lowest BCUT2D eigenvalue weighted by Crippen LogP contribution is -2.36. The van der Waals surface area contributed by atoms with E-state index in [0.29, 0.717) is 40.9 Å². The van der Waals surface area contributed by atoms with E-state index in [1.807, 2.05) is 48.2 Å². The summed E-state index contributed by atoms with van der Waals surface area (Å²) in [7, 11) is 5.34. The maximum Gasteiger partial charge on any atom is 0.259 e. The molecule has 5 rings (SSSR count). The molecule has 10 nitrogen and oxygen atoms in total. The van der Waals surface area contributed by atoms with Gasteiger partial charge in [-0.1, -0.05) is 12.1 Å². The fraction of sp³-hybridized carbons (Fsp3) is 0.296. The number of methoxy groups -OCH3 is 1. The molecule has 4 heterocycles. The van der Waals surface area contributed by atoms with Gasteiger partial charge in [-0.05, 0) is 55.7 Å². The highest BCUT2D eigenvalue weighted by Crippen LogP contribution is 2.30. The summed E-state index contributed by atoms with van der Waals surface area (Å²) in [5.74, 6) is 1.27. The third-order valence-corrected chi connectivity index (χ3v) is 6.48. The number of H-pyrrole nitrogens is 1. The van der Waals surface area contributed by atoms with E-state index in [1.54, 1.807) is 12.4 Å². The molecule has 2 N–H and O–H groups in total. The molecule has 37 heavy (non-hydrogen) atoms. The van der Waals surface area contributed by atoms with Crippen molar-refractivity contribution in [1.82, 2.24) is 29.7 Å². The molecule has 1 fully saturated rings. The van der Waals surface area contributed by atoms with Crippen LogP contribution in [0.2, 0.25) is 0 Å². The average Bonchev–Trinajstić information content (AvgIpc) is 3.39. The van der Waals surface area contributed by atoms with Crippen molar-refractivity contribution in [3.8, 4) is 17.3 Å². The molecular weight excluding hydrogens is 470 g/mol. The van der Waals surface area contributed by atoms with Crippen molar-refractivity contribution in [2.45, 2.75) is 12.3 Å². The van der Waals surface area contributed by atoms with Gasteiger partial charge in [-0.25, -0.2) is 9.97 Å². The zero-order valence-corrected chi connectivity index (χ0v) is 21.1. The number of carbonyl (C=O) groups excluding carboxylic acids is 1. The van der Waals surface area contributed by atoms with Gasteiger partial charge in [0.2, 0.25) is 11.8 Å². The number of aromatic amines is 1. The van der Waals surface area contributed by atoms with Gasteiger partial charge >= 0.3 is 0 Å². The highest BCUT2D eigenvalue weighted by atomic mass is 16.5. The van der Waals surface area contributed by atoms with Gasteiger partial charge in [0.15, 0.2) is 0 Å². The number of anilines is 2. The Hall–Kier alpha value is -4.31. The van der Waals surface area contributed by atoms with Crippen LogP contribution in [0.25, 0.3) is 22.2 Å². The van der Waals surface area contributed by atoms with E-state index >= 15 is 0 Å². The summed E-state index contributed by atoms with van der Waals surface area (Å²) in [4.78, 5) is 45.0. The normalized spacial score (nSPS) is 15.4. The number of aromatic nitrogens is 4. The number of hydrogen-bond acceptors (Lipinski definition) is 8. The number of likely N-dealkylation sites (tertiary alicyclic amines) is 1. The Balaban J connectivity index is 1.40. The monoisotopic (exact) mass is 499 g/mol. The quantitative estimate of drug-likeness (QED) is 0.399. The van der Waals surface area contributed by atoms with Crippen LogP contribution in [0.1, 0.15) is 17.9 Å². The molecule has 1 unspecified atom stereocenters. The zero-order chi connectivity index (χ0) is 25.9. The number of fused-ring (bicyclic) bond motifs is 1. The number of rotatable bonds is 7. The molecule has 10 heteroatoms. The van der Waals surface area contributed by atoms with E-state index in [2.05, 4.69) is 32.4 Å². The van der Waals surface area contributed by atoms with E-state index in [9.17, 15) is 9.59 Å². The predicted molar refractivity (Wildman–Crippen MR) is 142 cm³/mol. The summed E-state index contributed by atoms with van der Waals surface area (Å²) in [6.45, 7) is 1.93. The first-order valence-electron chi connectivity index (χ1n) is 12.1. The third kappa shape index (κ3) is 5.29. The van der Waals surface area contributed by atoms with Crippen molar-refractivity contribution in [3.05, 3.63) is 70.9 Å². The highest BCUT2D eigenvalue weighted by molar-refractivity contribution is 5.94. The summed E-state index contributed by atoms with van der Waals surface area (Å²) < 4.78 is 5.20. The summed E-state index contributed by atoms with van der Waals surface area (Å²) in [5.41, 5.74) is 2.85. The molecule has 0 spiro atoms. The van der Waals surface area contributed by atoms with Gasteiger partial charge in [0, 0.05) is 30.9 Å². The molecule has 1 saturated heterocycles. The van der Waals surface area contributed by atoms with Crippen LogP contribution in [-0.2, 0) is 4.79 Å². The number of hydrogen-bond donors (Lipinski definition) is 2. The van der Waals surface area contributed by atoms with Crippen molar-refractivity contribution in [3.63, 3.8) is 0 Å². The van der Waals surface area contributed by atoms with E-state index in [0.717, 1.165) is 30.6 Å². The first-order valence-corrected chi connectivity index (χ1v) is 12.1. The number of amides is 1. The molecule has 1 aliphatic rings. The summed E-state index contributed by atoms with van der Waals surface area (Å²) in [5, 5.41) is 4.50. The minimum atomic E-state index is -0.235. The van der Waals surface area contributed by atoms with Crippen LogP contribution in [0.15, 0.2) is 59.8 Å². The second-order valence-corrected chi connectivity index (χ2v) is 9.38. The van der Waals surface area contributed by atoms with Crippen molar-refractivity contribution in [1.29, 1.82) is 0 Å². The lowest BCUT2D eigenvalue weighted by molar-refractivity contribution is -0.130. The van der Waals surface area contributed by atoms with Crippen molar-refractivity contribution < 1.29 is 9.53 Å². The van der Waals surface area contributed by atoms with Gasteiger partial charge in [-0.3, -0.25) is 14.6 Å². The Morgan fingerprint density at radius 2 is 1.97 bits per heavy atom. The van der Waals surface area contributed by atoms with Gasteiger partial charge < -0.3 is 24.8 Å². The maximum absolute atomic E-state index is 12.7. The number of nitrogens with one attached hydrogen (secondary N) is 2. The van der Waals surface area contributed by atoms with E-state index in [1.165, 1.54) is 18.9 Å². The number of pyridine rings is 2. The topological polar surface area (TPSA) is 116 Å². The number of ether oxygens (including phenoxy) is 1. The zero-order valence-electron chi connectivity index (χ0n) is 21.1. The second kappa shape index (κ2) is 10.4. The number of likely N-dealkylation sites (N-methyl/N-ethyl adjacent to an activating group) is 1. The molecule has 1 amide bonds. The van der Waals surface area contributed by atoms with Crippen LogP contribution in [0, 0.1) is 0 Å². The minimum Gasteiger partial charge on any atom is -0.480 e. The Morgan fingerprint density at radius 3 is 2.73 bits per heavy atom. The Labute approximate surface area is 214 Å². The van der Waals surface area contributed by atoms with Gasteiger partial charge in [0.25, 0.3) is 5.56 Å². The molecule has 3 aromatic heterocycles. The molecule has 4 aromatic rings. The van der Waals surface area contributed by atoms with Gasteiger partial charge in [-0.2, -0.15) is 0 Å². The lowest BCUT2D eigenvalue weighted by atomic mass is 9.98. The van der Waals surface area contributed by atoms with E-state index in [-0.39, 0.29) is 11.5 Å². The van der Waals surface area contributed by atoms with Crippen LogP contribution < -0.4 is 15.6 Å². The smallest absolute Gasteiger partial charge is 0.259 e. The van der Waals surface area contributed by atoms with Crippen molar-refractivity contribution in [2.75, 3.05) is 46.2 Å². The van der Waals surface area contributed by atoms with Gasteiger partial charge in [-0.15, -0.1) is 0 Å². The van der Waals surface area contributed by atoms with Crippen LogP contribution in [0.5, 0.6) is 5.88 Å². The first-order chi connectivity index (χ1) is 17.9. The molecule has 0 bridgehead atoms. The molecule has 1 aliphatic heterocycles. The number of carbonyl (C=O) groups is 1. The molecule has 190 valence electrons. The Morgan fingerprint density at radius 1 is 1.16 bits per heavy atom. The molecule has 0 radical (unpaired) electrons. The first kappa shape index (κ1) is 24.4. The van der Waals surface area contributed by atoms with E-state index < -0.39 is 0 Å². The maximum atomic E-state index is 12.7. The fourth-order valence-corrected chi connectivity index (χ4v) is 4.61. The summed E-state index contributed by atoms with van der Waals surface area (Å²) in [6, 6.07) is 11.7. The standard InChI is InChI=1S/C27H29N7O3/c1-33(2)16-24(35)34-11-9-19(15-34)17-4-6-20(7-5-17)30-26-25-18(8-10-29-27(25)36)12-21(32-26)22-13-28-14-23(31-22)37-3/h4-8,10,12-14,19H,9,11,15-16H2,1-3H3,(H,29,36)(H,30,32). The molecular formula is C27H29N7O3. The average molecular weight is 500 g/mol. The Kier molecular flexibility index (Phi) is 6.82. The molecule has 1 atom stereocenters. The lowest BCUT2D eigenvalue weighted by Gasteiger charge is -2.19. The molecule has 1 aromatic carbocycles. The Bertz CT molecular complexity index is 1480. The summed E-state index contributed by atoms with van der Waals surface area (Å²) >= 11 is 0. The van der Waals surface area contributed by atoms with E-state index in [4.69, 9.17) is 9.72 Å². The van der Waals surface area contributed by atoms with Crippen LogP contribution in [-0.4, -0.2) is 76.5 Å². The van der Waals surface area contributed by atoms with Gasteiger partial charge in [0.05, 0.1) is 37.1 Å². The largest absolute Gasteiger partial charge is 0.480 e. The van der Waals surface area contributed by atoms with Crippen LogP contribution >= 0.6 is 0 Å². The summed E-state index contributed by atoms with van der Waals surface area (Å²) in [6.07, 6.45) is 5.68. The van der Waals surface area contributed by atoms with Crippen LogP contribution in [0.4, 0.5) is 11.5 Å². The SMILES string of the molecule is COc1cncc(-c2cc3cc[nH]c(=O)c3c(Nc3ccc(C4CCN(C(=O)CN(C)C)C4)cc3)n2)n1.